The number of rotatable bonds is 4. The third kappa shape index (κ3) is 3.50. The van der Waals surface area contributed by atoms with Crippen molar-refractivity contribution in [2.45, 2.75) is 6.92 Å². The number of anilines is 1. The highest BCUT2D eigenvalue weighted by molar-refractivity contribution is 6.07. The standard InChI is InChI=1S/C21H19N5O/c1-14-4-3-5-16(12-14)15-6-8-17(9-7-15)23-21(27)18-13-22-24-20(18)19-10-11-26(2)25-19/h3-13H,1-2H3,(H,22,24)(H,23,27). The van der Waals surface area contributed by atoms with E-state index in [1.54, 1.807) is 4.68 Å². The number of carbonyl (C=O) groups is 1. The maximum atomic E-state index is 12.7. The molecule has 0 fully saturated rings. The number of H-pyrrole nitrogens is 1. The summed E-state index contributed by atoms with van der Waals surface area (Å²) in [5.74, 6) is -0.229. The van der Waals surface area contributed by atoms with Crippen molar-refractivity contribution >= 4 is 11.6 Å². The lowest BCUT2D eigenvalue weighted by Gasteiger charge is -2.07. The lowest BCUT2D eigenvalue weighted by atomic mass is 10.0. The quantitative estimate of drug-likeness (QED) is 0.579. The average molecular weight is 357 g/mol. The Balaban J connectivity index is 1.53. The van der Waals surface area contributed by atoms with Crippen LogP contribution in [-0.4, -0.2) is 25.9 Å². The van der Waals surface area contributed by atoms with Crippen molar-refractivity contribution < 1.29 is 4.79 Å². The minimum absolute atomic E-state index is 0.229. The van der Waals surface area contributed by atoms with Crippen LogP contribution in [0.5, 0.6) is 0 Å². The van der Waals surface area contributed by atoms with Crippen LogP contribution in [-0.2, 0) is 7.05 Å². The molecular formula is C21H19N5O. The molecule has 0 aliphatic heterocycles. The summed E-state index contributed by atoms with van der Waals surface area (Å²) >= 11 is 0. The SMILES string of the molecule is Cc1cccc(-c2ccc(NC(=O)c3cn[nH]c3-c3ccn(C)n3)cc2)c1. The Morgan fingerprint density at radius 3 is 2.59 bits per heavy atom. The highest BCUT2D eigenvalue weighted by Gasteiger charge is 2.17. The van der Waals surface area contributed by atoms with Crippen molar-refractivity contribution in [1.82, 2.24) is 20.0 Å². The molecule has 2 aromatic heterocycles. The molecule has 2 heterocycles. The van der Waals surface area contributed by atoms with Gasteiger partial charge in [0.15, 0.2) is 0 Å². The first-order valence-electron chi connectivity index (χ1n) is 8.62. The second kappa shape index (κ2) is 6.92. The first kappa shape index (κ1) is 16.8. The molecule has 27 heavy (non-hydrogen) atoms. The summed E-state index contributed by atoms with van der Waals surface area (Å²) in [6.07, 6.45) is 3.34. The van der Waals surface area contributed by atoms with Gasteiger partial charge in [0.25, 0.3) is 5.91 Å². The highest BCUT2D eigenvalue weighted by atomic mass is 16.1. The first-order chi connectivity index (χ1) is 13.1. The van der Waals surface area contributed by atoms with Crippen LogP contribution in [0, 0.1) is 6.92 Å². The molecule has 0 radical (unpaired) electrons. The van der Waals surface area contributed by atoms with Crippen molar-refractivity contribution in [3.63, 3.8) is 0 Å². The van der Waals surface area contributed by atoms with E-state index < -0.39 is 0 Å². The van der Waals surface area contributed by atoms with Gasteiger partial charge < -0.3 is 5.32 Å². The number of amides is 1. The van der Waals surface area contributed by atoms with E-state index in [1.165, 1.54) is 11.8 Å². The Labute approximate surface area is 156 Å². The van der Waals surface area contributed by atoms with Crippen LogP contribution < -0.4 is 5.32 Å². The van der Waals surface area contributed by atoms with Gasteiger partial charge in [0.1, 0.15) is 5.69 Å². The van der Waals surface area contributed by atoms with Crippen molar-refractivity contribution in [2.75, 3.05) is 5.32 Å². The maximum absolute atomic E-state index is 12.7. The number of aryl methyl sites for hydroxylation is 2. The van der Waals surface area contributed by atoms with Crippen LogP contribution in [0.3, 0.4) is 0 Å². The van der Waals surface area contributed by atoms with Gasteiger partial charge in [-0.15, -0.1) is 0 Å². The molecule has 1 amide bonds. The predicted molar refractivity (Wildman–Crippen MR) is 105 cm³/mol. The fourth-order valence-electron chi connectivity index (χ4n) is 2.97. The van der Waals surface area contributed by atoms with Crippen LogP contribution in [0.4, 0.5) is 5.69 Å². The summed E-state index contributed by atoms with van der Waals surface area (Å²) in [6, 6.07) is 18.0. The lowest BCUT2D eigenvalue weighted by Crippen LogP contribution is -2.12. The van der Waals surface area contributed by atoms with E-state index in [1.807, 2.05) is 49.6 Å². The summed E-state index contributed by atoms with van der Waals surface area (Å²) < 4.78 is 1.68. The summed E-state index contributed by atoms with van der Waals surface area (Å²) in [5, 5.41) is 14.1. The number of nitrogens with zero attached hydrogens (tertiary/aromatic N) is 3. The van der Waals surface area contributed by atoms with Crippen LogP contribution in [0.2, 0.25) is 0 Å². The second-order valence-corrected chi connectivity index (χ2v) is 6.43. The Bertz CT molecular complexity index is 1090. The van der Waals surface area contributed by atoms with Gasteiger partial charge in [-0.3, -0.25) is 14.6 Å². The second-order valence-electron chi connectivity index (χ2n) is 6.43. The Hall–Kier alpha value is -3.67. The summed E-state index contributed by atoms with van der Waals surface area (Å²) in [7, 11) is 1.83. The van der Waals surface area contributed by atoms with Gasteiger partial charge in [0.05, 0.1) is 17.5 Å². The van der Waals surface area contributed by atoms with Gasteiger partial charge >= 0.3 is 0 Å². The van der Waals surface area contributed by atoms with Gasteiger partial charge in [0, 0.05) is 18.9 Å². The molecule has 2 N–H and O–H groups in total. The Morgan fingerprint density at radius 1 is 1.07 bits per heavy atom. The largest absolute Gasteiger partial charge is 0.322 e. The zero-order valence-corrected chi connectivity index (χ0v) is 15.1. The van der Waals surface area contributed by atoms with Crippen molar-refractivity contribution in [3.8, 4) is 22.5 Å². The van der Waals surface area contributed by atoms with E-state index >= 15 is 0 Å². The molecule has 0 atom stereocenters. The van der Waals surface area contributed by atoms with E-state index in [0.29, 0.717) is 17.0 Å². The predicted octanol–water partition coefficient (Wildman–Crippen LogP) is 4.04. The number of carbonyl (C=O) groups excluding carboxylic acids is 1. The Kier molecular flexibility index (Phi) is 4.30. The molecule has 6 nitrogen and oxygen atoms in total. The van der Waals surface area contributed by atoms with Crippen LogP contribution in [0.1, 0.15) is 15.9 Å². The molecule has 4 aromatic rings. The minimum Gasteiger partial charge on any atom is -0.322 e. The van der Waals surface area contributed by atoms with Gasteiger partial charge in [-0.1, -0.05) is 42.0 Å². The third-order valence-electron chi connectivity index (χ3n) is 4.35. The highest BCUT2D eigenvalue weighted by Crippen LogP contribution is 2.24. The number of nitrogens with one attached hydrogen (secondary N) is 2. The molecule has 0 aliphatic carbocycles. The first-order valence-corrected chi connectivity index (χ1v) is 8.62. The summed E-state index contributed by atoms with van der Waals surface area (Å²) in [5.41, 5.74) is 5.93. The Morgan fingerprint density at radius 2 is 1.89 bits per heavy atom. The summed E-state index contributed by atoms with van der Waals surface area (Å²) in [4.78, 5) is 12.7. The lowest BCUT2D eigenvalue weighted by molar-refractivity contribution is 0.102. The van der Waals surface area contributed by atoms with Crippen LogP contribution >= 0.6 is 0 Å². The van der Waals surface area contributed by atoms with E-state index in [0.717, 1.165) is 16.8 Å². The number of aromatic nitrogens is 4. The molecule has 0 spiro atoms. The van der Waals surface area contributed by atoms with Gasteiger partial charge in [0.2, 0.25) is 0 Å². The van der Waals surface area contributed by atoms with Gasteiger partial charge in [-0.25, -0.2) is 0 Å². The number of benzene rings is 2. The van der Waals surface area contributed by atoms with Crippen LogP contribution in [0.15, 0.2) is 67.0 Å². The van der Waals surface area contributed by atoms with Gasteiger partial charge in [-0.05, 0) is 36.2 Å². The molecule has 0 saturated carbocycles. The monoisotopic (exact) mass is 357 g/mol. The number of hydrogen-bond acceptors (Lipinski definition) is 3. The fraction of sp³-hybridized carbons (Fsp3) is 0.0952. The maximum Gasteiger partial charge on any atom is 0.259 e. The molecule has 0 saturated heterocycles. The fourth-order valence-corrected chi connectivity index (χ4v) is 2.97. The van der Waals surface area contributed by atoms with E-state index in [9.17, 15) is 4.79 Å². The molecule has 2 aromatic carbocycles. The zero-order chi connectivity index (χ0) is 18.8. The number of hydrogen-bond donors (Lipinski definition) is 2. The van der Waals surface area contributed by atoms with E-state index in [-0.39, 0.29) is 5.91 Å². The normalized spacial score (nSPS) is 10.7. The molecule has 0 bridgehead atoms. The van der Waals surface area contributed by atoms with E-state index in [2.05, 4.69) is 45.7 Å². The van der Waals surface area contributed by atoms with Gasteiger partial charge in [-0.2, -0.15) is 10.2 Å². The number of aromatic amines is 1. The van der Waals surface area contributed by atoms with E-state index in [4.69, 9.17) is 0 Å². The smallest absolute Gasteiger partial charge is 0.259 e. The van der Waals surface area contributed by atoms with Crippen molar-refractivity contribution in [2.24, 2.45) is 7.05 Å². The molecule has 0 aliphatic rings. The zero-order valence-electron chi connectivity index (χ0n) is 15.1. The van der Waals surface area contributed by atoms with Crippen molar-refractivity contribution in [1.29, 1.82) is 0 Å². The average Bonchev–Trinajstić information content (AvgIpc) is 3.31. The molecule has 0 unspecified atom stereocenters. The van der Waals surface area contributed by atoms with Crippen molar-refractivity contribution in [3.05, 3.63) is 78.1 Å². The molecule has 134 valence electrons. The summed E-state index contributed by atoms with van der Waals surface area (Å²) in [6.45, 7) is 2.07. The van der Waals surface area contributed by atoms with Crippen LogP contribution in [0.25, 0.3) is 22.5 Å². The topological polar surface area (TPSA) is 75.6 Å². The molecular weight excluding hydrogens is 338 g/mol. The minimum atomic E-state index is -0.229. The third-order valence-corrected chi connectivity index (χ3v) is 4.35. The molecule has 4 rings (SSSR count). The molecule has 6 heteroatoms.